The first kappa shape index (κ1) is 14.9. The molecule has 0 unspecified atom stereocenters. The quantitative estimate of drug-likeness (QED) is 0.793. The first-order valence-electron chi connectivity index (χ1n) is 6.53. The van der Waals surface area contributed by atoms with Crippen LogP contribution in [-0.2, 0) is 6.54 Å². The molecule has 2 nitrogen and oxygen atoms in total. The van der Waals surface area contributed by atoms with Crippen molar-refractivity contribution in [2.24, 2.45) is 5.92 Å². The minimum absolute atomic E-state index is 0. The molecule has 1 N–H and O–H groups in total. The van der Waals surface area contributed by atoms with E-state index >= 15 is 0 Å². The molecule has 1 aliphatic carbocycles. The molecule has 17 heavy (non-hydrogen) atoms. The first-order valence-corrected chi connectivity index (χ1v) is 7.47. The number of nitrogens with one attached hydrogen (secondary N) is 1. The first-order chi connectivity index (χ1) is 7.95. The van der Waals surface area contributed by atoms with Gasteiger partial charge in [0, 0.05) is 11.9 Å². The number of nitrogens with zero attached hydrogens (tertiary/aromatic N) is 1. The van der Waals surface area contributed by atoms with E-state index in [1.54, 1.807) is 11.3 Å². The van der Waals surface area contributed by atoms with E-state index in [0.29, 0.717) is 0 Å². The van der Waals surface area contributed by atoms with Crippen LogP contribution in [0.4, 0.5) is 0 Å². The lowest BCUT2D eigenvalue weighted by atomic mass is 9.86. The van der Waals surface area contributed by atoms with Gasteiger partial charge in [-0.3, -0.25) is 0 Å². The molecule has 2 rings (SSSR count). The summed E-state index contributed by atoms with van der Waals surface area (Å²) >= 11 is 1.67. The molecule has 1 saturated carbocycles. The van der Waals surface area contributed by atoms with Gasteiger partial charge in [-0.15, -0.1) is 23.7 Å². The Balaban J connectivity index is 0.00000144. The molecule has 1 fully saturated rings. The molecular formula is C13H23ClN2S. The summed E-state index contributed by atoms with van der Waals surface area (Å²) in [5.41, 5.74) is 3.08. The zero-order chi connectivity index (χ0) is 11.1. The normalized spacial score (nSPS) is 16.7. The fraction of sp³-hybridized carbons (Fsp3) is 0.769. The number of thiazole rings is 1. The Morgan fingerprint density at radius 3 is 2.82 bits per heavy atom. The average molecular weight is 275 g/mol. The Hall–Kier alpha value is -0.120. The standard InChI is InChI=1S/C13H22N2S.ClH/c1-2-5-12(6-3-1)7-4-8-14-9-13-10-16-11-15-13;/h10-12,14H,1-9H2;1H. The van der Waals surface area contributed by atoms with Gasteiger partial charge in [0.1, 0.15) is 0 Å². The third-order valence-electron chi connectivity index (χ3n) is 3.48. The van der Waals surface area contributed by atoms with Crippen LogP contribution in [0.5, 0.6) is 0 Å². The molecule has 0 atom stereocenters. The molecule has 0 aromatic carbocycles. The Kier molecular flexibility index (Phi) is 7.82. The summed E-state index contributed by atoms with van der Waals surface area (Å²) in [7, 11) is 0. The number of hydrogen-bond acceptors (Lipinski definition) is 3. The van der Waals surface area contributed by atoms with Gasteiger partial charge in [-0.2, -0.15) is 0 Å². The average Bonchev–Trinajstić information content (AvgIpc) is 2.83. The lowest BCUT2D eigenvalue weighted by molar-refractivity contribution is 0.330. The third kappa shape index (κ3) is 5.84. The molecule has 0 radical (unpaired) electrons. The minimum atomic E-state index is 0. The molecular weight excluding hydrogens is 252 g/mol. The molecule has 4 heteroatoms. The molecule has 0 saturated heterocycles. The second kappa shape index (κ2) is 8.90. The van der Waals surface area contributed by atoms with Gasteiger partial charge in [0.2, 0.25) is 0 Å². The maximum Gasteiger partial charge on any atom is 0.0795 e. The third-order valence-corrected chi connectivity index (χ3v) is 4.12. The smallest absolute Gasteiger partial charge is 0.0795 e. The van der Waals surface area contributed by atoms with E-state index in [4.69, 9.17) is 0 Å². The van der Waals surface area contributed by atoms with Crippen LogP contribution in [0.15, 0.2) is 10.9 Å². The highest BCUT2D eigenvalue weighted by molar-refractivity contribution is 7.07. The van der Waals surface area contributed by atoms with E-state index in [1.165, 1.54) is 50.6 Å². The topological polar surface area (TPSA) is 24.9 Å². The van der Waals surface area contributed by atoms with Crippen LogP contribution in [0.25, 0.3) is 0 Å². The van der Waals surface area contributed by atoms with Crippen LogP contribution in [0, 0.1) is 5.92 Å². The Bertz CT molecular complexity index is 271. The SMILES string of the molecule is Cl.c1nc(CNCCCC2CCCCC2)cs1. The number of rotatable bonds is 6. The maximum absolute atomic E-state index is 4.26. The summed E-state index contributed by atoms with van der Waals surface area (Å²) in [5.74, 6) is 1.02. The highest BCUT2D eigenvalue weighted by Gasteiger charge is 2.12. The van der Waals surface area contributed by atoms with E-state index in [1.807, 2.05) is 5.51 Å². The van der Waals surface area contributed by atoms with Gasteiger partial charge in [-0.1, -0.05) is 32.1 Å². The summed E-state index contributed by atoms with van der Waals surface area (Å²) in [6.07, 6.45) is 10.1. The van der Waals surface area contributed by atoms with E-state index in [0.717, 1.165) is 19.0 Å². The summed E-state index contributed by atoms with van der Waals surface area (Å²) < 4.78 is 0. The Morgan fingerprint density at radius 2 is 2.12 bits per heavy atom. The highest BCUT2D eigenvalue weighted by atomic mass is 35.5. The van der Waals surface area contributed by atoms with Crippen molar-refractivity contribution in [3.63, 3.8) is 0 Å². The lowest BCUT2D eigenvalue weighted by Crippen LogP contribution is -2.16. The predicted molar refractivity (Wildman–Crippen MR) is 76.9 cm³/mol. The number of hydrogen-bond donors (Lipinski definition) is 1. The van der Waals surface area contributed by atoms with Crippen LogP contribution >= 0.6 is 23.7 Å². The summed E-state index contributed by atoms with van der Waals surface area (Å²) in [6.45, 7) is 2.09. The van der Waals surface area contributed by atoms with Crippen molar-refractivity contribution >= 4 is 23.7 Å². The molecule has 98 valence electrons. The van der Waals surface area contributed by atoms with Gasteiger partial charge in [-0.05, 0) is 25.3 Å². The monoisotopic (exact) mass is 274 g/mol. The summed E-state index contributed by atoms with van der Waals surface area (Å²) in [4.78, 5) is 4.26. The molecule has 1 aromatic heterocycles. The molecule has 1 aromatic rings. The molecule has 0 amide bonds. The minimum Gasteiger partial charge on any atom is -0.311 e. The molecule has 1 aliphatic rings. The van der Waals surface area contributed by atoms with Crippen LogP contribution < -0.4 is 5.32 Å². The van der Waals surface area contributed by atoms with Gasteiger partial charge in [-0.25, -0.2) is 4.98 Å². The largest absolute Gasteiger partial charge is 0.311 e. The van der Waals surface area contributed by atoms with Crippen molar-refractivity contribution in [2.45, 2.75) is 51.5 Å². The fourth-order valence-electron chi connectivity index (χ4n) is 2.53. The van der Waals surface area contributed by atoms with E-state index in [2.05, 4.69) is 15.7 Å². The number of aromatic nitrogens is 1. The zero-order valence-corrected chi connectivity index (χ0v) is 12.0. The molecule has 0 bridgehead atoms. The van der Waals surface area contributed by atoms with Gasteiger partial charge in [0.15, 0.2) is 0 Å². The Labute approximate surface area is 115 Å². The van der Waals surface area contributed by atoms with Crippen molar-refractivity contribution in [3.8, 4) is 0 Å². The van der Waals surface area contributed by atoms with Crippen LogP contribution in [0.1, 0.15) is 50.6 Å². The second-order valence-electron chi connectivity index (χ2n) is 4.80. The van der Waals surface area contributed by atoms with Gasteiger partial charge in [0.05, 0.1) is 11.2 Å². The van der Waals surface area contributed by atoms with Crippen LogP contribution in [-0.4, -0.2) is 11.5 Å². The molecule has 0 spiro atoms. The van der Waals surface area contributed by atoms with E-state index in [9.17, 15) is 0 Å². The van der Waals surface area contributed by atoms with Crippen molar-refractivity contribution in [2.75, 3.05) is 6.54 Å². The predicted octanol–water partition coefficient (Wildman–Crippen LogP) is 4.02. The van der Waals surface area contributed by atoms with Crippen molar-refractivity contribution < 1.29 is 0 Å². The summed E-state index contributed by atoms with van der Waals surface area (Å²) in [6, 6.07) is 0. The van der Waals surface area contributed by atoms with Crippen molar-refractivity contribution in [1.82, 2.24) is 10.3 Å². The van der Waals surface area contributed by atoms with E-state index < -0.39 is 0 Å². The summed E-state index contributed by atoms with van der Waals surface area (Å²) in [5, 5.41) is 5.59. The van der Waals surface area contributed by atoms with Crippen LogP contribution in [0.3, 0.4) is 0 Å². The molecule has 0 aliphatic heterocycles. The highest BCUT2D eigenvalue weighted by Crippen LogP contribution is 2.26. The maximum atomic E-state index is 4.26. The van der Waals surface area contributed by atoms with Gasteiger partial charge in [0.25, 0.3) is 0 Å². The van der Waals surface area contributed by atoms with E-state index in [-0.39, 0.29) is 12.4 Å². The lowest BCUT2D eigenvalue weighted by Gasteiger charge is -2.21. The molecule has 1 heterocycles. The van der Waals surface area contributed by atoms with Crippen molar-refractivity contribution in [3.05, 3.63) is 16.6 Å². The zero-order valence-electron chi connectivity index (χ0n) is 10.4. The fourth-order valence-corrected chi connectivity index (χ4v) is 3.09. The van der Waals surface area contributed by atoms with Crippen molar-refractivity contribution in [1.29, 1.82) is 0 Å². The second-order valence-corrected chi connectivity index (χ2v) is 5.52. The number of halogens is 1. The van der Waals surface area contributed by atoms with Gasteiger partial charge < -0.3 is 5.32 Å². The van der Waals surface area contributed by atoms with Crippen LogP contribution in [0.2, 0.25) is 0 Å². The Morgan fingerprint density at radius 1 is 1.29 bits per heavy atom. The van der Waals surface area contributed by atoms with Gasteiger partial charge >= 0.3 is 0 Å².